The van der Waals surface area contributed by atoms with Crippen LogP contribution in [0.25, 0.3) is 0 Å². The van der Waals surface area contributed by atoms with Crippen LogP contribution >= 0.6 is 0 Å². The SMILES string of the molecule is CC[C@H](C)C(=O)O[C@H]1C[C@@H](C)C=C2C=C[C@H](C)[C@H](CC[C@@H]3C[C@@H](O)CC(=O)O3)[C@H]21.[Na+]. The molecule has 5 nitrogen and oxygen atoms in total. The van der Waals surface area contributed by atoms with Gasteiger partial charge in [0.15, 0.2) is 0 Å². The number of aliphatic hydroxyl groups is 1. The van der Waals surface area contributed by atoms with Gasteiger partial charge in [0, 0.05) is 12.3 Å². The Hall–Kier alpha value is -0.620. The Morgan fingerprint density at radius 1 is 1.30 bits per heavy atom. The molecule has 0 amide bonds. The quantitative estimate of drug-likeness (QED) is 0.509. The van der Waals surface area contributed by atoms with E-state index in [-0.39, 0.29) is 72.0 Å². The molecule has 0 bridgehead atoms. The molecule has 3 rings (SSSR count). The van der Waals surface area contributed by atoms with Crippen molar-refractivity contribution >= 4 is 11.9 Å². The zero-order valence-corrected chi connectivity index (χ0v) is 21.2. The molecule has 0 spiro atoms. The molecule has 3 aliphatic rings. The summed E-state index contributed by atoms with van der Waals surface area (Å²) in [5.74, 6) is 0.755. The van der Waals surface area contributed by atoms with E-state index in [1.165, 1.54) is 5.57 Å². The van der Waals surface area contributed by atoms with Crippen molar-refractivity contribution in [1.82, 2.24) is 0 Å². The smallest absolute Gasteiger partial charge is 0.462 e. The minimum absolute atomic E-state index is 0. The molecule has 1 fully saturated rings. The summed E-state index contributed by atoms with van der Waals surface area (Å²) < 4.78 is 11.5. The fourth-order valence-corrected chi connectivity index (χ4v) is 5.07. The van der Waals surface area contributed by atoms with Gasteiger partial charge in [0.2, 0.25) is 0 Å². The van der Waals surface area contributed by atoms with Gasteiger partial charge in [0.1, 0.15) is 12.2 Å². The molecule has 1 saturated heterocycles. The number of hydrogen-bond acceptors (Lipinski definition) is 5. The Morgan fingerprint density at radius 2 is 2.03 bits per heavy atom. The van der Waals surface area contributed by atoms with Crippen LogP contribution in [-0.2, 0) is 19.1 Å². The maximum atomic E-state index is 12.5. The molecule has 0 aromatic heterocycles. The number of carbonyl (C=O) groups excluding carboxylic acids is 2. The molecule has 8 atom stereocenters. The molecule has 0 saturated carbocycles. The third-order valence-corrected chi connectivity index (χ3v) is 6.93. The van der Waals surface area contributed by atoms with Crippen molar-refractivity contribution in [3.05, 3.63) is 23.8 Å². The fraction of sp³-hybridized carbons (Fsp3) is 0.750. The van der Waals surface area contributed by atoms with Crippen LogP contribution in [0.3, 0.4) is 0 Å². The van der Waals surface area contributed by atoms with E-state index in [0.717, 1.165) is 25.7 Å². The van der Waals surface area contributed by atoms with Gasteiger partial charge in [-0.3, -0.25) is 9.59 Å². The van der Waals surface area contributed by atoms with Gasteiger partial charge in [0.05, 0.1) is 18.4 Å². The fourth-order valence-electron chi connectivity index (χ4n) is 5.07. The summed E-state index contributed by atoms with van der Waals surface area (Å²) in [5, 5.41) is 9.89. The maximum absolute atomic E-state index is 12.5. The average molecular weight is 428 g/mol. The number of ether oxygens (including phenoxy) is 2. The molecule has 0 aromatic rings. The first-order valence-electron chi connectivity index (χ1n) is 11.3. The van der Waals surface area contributed by atoms with Gasteiger partial charge >= 0.3 is 41.5 Å². The van der Waals surface area contributed by atoms with Crippen molar-refractivity contribution in [1.29, 1.82) is 0 Å². The Kier molecular flexibility index (Phi) is 9.66. The number of fused-ring (bicyclic) bond motifs is 1. The summed E-state index contributed by atoms with van der Waals surface area (Å²) in [7, 11) is 0. The molecule has 0 unspecified atom stereocenters. The molecular weight excluding hydrogens is 391 g/mol. The molecule has 6 heteroatoms. The summed E-state index contributed by atoms with van der Waals surface area (Å²) in [6.07, 6.45) is 9.70. The van der Waals surface area contributed by atoms with Gasteiger partial charge in [-0.2, -0.15) is 0 Å². The van der Waals surface area contributed by atoms with E-state index >= 15 is 0 Å². The van der Waals surface area contributed by atoms with Crippen molar-refractivity contribution in [2.24, 2.45) is 29.6 Å². The molecule has 1 N–H and O–H groups in total. The minimum atomic E-state index is -0.597. The number of rotatable bonds is 6. The molecule has 1 heterocycles. The van der Waals surface area contributed by atoms with E-state index in [9.17, 15) is 14.7 Å². The second-order valence-electron chi connectivity index (χ2n) is 9.36. The van der Waals surface area contributed by atoms with Crippen molar-refractivity contribution < 1.29 is 53.7 Å². The van der Waals surface area contributed by atoms with Crippen LogP contribution in [0.4, 0.5) is 0 Å². The summed E-state index contributed by atoms with van der Waals surface area (Å²) in [6, 6.07) is 0. The second-order valence-corrected chi connectivity index (χ2v) is 9.36. The summed E-state index contributed by atoms with van der Waals surface area (Å²) >= 11 is 0. The number of aliphatic hydroxyl groups excluding tert-OH is 1. The zero-order chi connectivity index (χ0) is 21.1. The molecular formula is C24H36NaO5+. The van der Waals surface area contributed by atoms with E-state index in [0.29, 0.717) is 24.2 Å². The Labute approximate surface area is 202 Å². The predicted molar refractivity (Wildman–Crippen MR) is 111 cm³/mol. The van der Waals surface area contributed by atoms with Crippen molar-refractivity contribution in [3.63, 3.8) is 0 Å². The molecule has 0 radical (unpaired) electrons. The normalized spacial score (nSPS) is 36.6. The van der Waals surface area contributed by atoms with Crippen LogP contribution in [0.1, 0.15) is 66.2 Å². The van der Waals surface area contributed by atoms with Gasteiger partial charge in [0.25, 0.3) is 0 Å². The number of allylic oxidation sites excluding steroid dienone is 3. The van der Waals surface area contributed by atoms with Crippen LogP contribution in [-0.4, -0.2) is 35.4 Å². The Morgan fingerprint density at radius 3 is 2.70 bits per heavy atom. The van der Waals surface area contributed by atoms with E-state index in [4.69, 9.17) is 9.47 Å². The first kappa shape index (κ1) is 25.6. The zero-order valence-electron chi connectivity index (χ0n) is 19.2. The number of cyclic esters (lactones) is 1. The van der Waals surface area contributed by atoms with Crippen molar-refractivity contribution in [2.45, 2.75) is 84.5 Å². The van der Waals surface area contributed by atoms with Gasteiger partial charge in [-0.15, -0.1) is 0 Å². The molecule has 1 aliphatic heterocycles. The van der Waals surface area contributed by atoms with Gasteiger partial charge < -0.3 is 14.6 Å². The number of esters is 2. The number of hydrogen-bond donors (Lipinski definition) is 1. The third-order valence-electron chi connectivity index (χ3n) is 6.93. The van der Waals surface area contributed by atoms with Crippen molar-refractivity contribution in [2.75, 3.05) is 0 Å². The largest absolute Gasteiger partial charge is 1.00 e. The predicted octanol–water partition coefficient (Wildman–Crippen LogP) is 1.20. The molecule has 0 aromatic carbocycles. The molecule has 30 heavy (non-hydrogen) atoms. The van der Waals surface area contributed by atoms with Gasteiger partial charge in [-0.05, 0) is 49.0 Å². The summed E-state index contributed by atoms with van der Waals surface area (Å²) in [5.41, 5.74) is 1.27. The van der Waals surface area contributed by atoms with Crippen LogP contribution in [0, 0.1) is 29.6 Å². The molecule has 2 aliphatic carbocycles. The van der Waals surface area contributed by atoms with E-state index < -0.39 is 6.10 Å². The van der Waals surface area contributed by atoms with Crippen LogP contribution in [0.5, 0.6) is 0 Å². The van der Waals surface area contributed by atoms with Crippen LogP contribution < -0.4 is 29.6 Å². The Balaban J connectivity index is 0.00000320. The standard InChI is InChI=1S/C24H36O5.Na/c1-5-15(3)24(27)29-21-11-14(2)10-17-7-6-16(4)20(23(17)21)9-8-19-12-18(25)13-22(26)28-19;/h6-7,10,14-16,18-21,23,25H,5,8-9,11-13H2,1-4H3;/q;+1/t14-,15-,16-,18+,19+,20-,21-,23-;/m0./s1. The topological polar surface area (TPSA) is 72.8 Å². The first-order chi connectivity index (χ1) is 13.8. The van der Waals surface area contributed by atoms with Crippen LogP contribution in [0.15, 0.2) is 23.8 Å². The van der Waals surface area contributed by atoms with Crippen LogP contribution in [0.2, 0.25) is 0 Å². The molecule has 162 valence electrons. The van der Waals surface area contributed by atoms with E-state index in [1.54, 1.807) is 0 Å². The van der Waals surface area contributed by atoms with Gasteiger partial charge in [-0.25, -0.2) is 0 Å². The van der Waals surface area contributed by atoms with E-state index in [1.807, 2.05) is 13.8 Å². The average Bonchev–Trinajstić information content (AvgIpc) is 2.65. The van der Waals surface area contributed by atoms with Crippen molar-refractivity contribution in [3.8, 4) is 0 Å². The first-order valence-corrected chi connectivity index (χ1v) is 11.3. The van der Waals surface area contributed by atoms with Gasteiger partial charge in [-0.1, -0.05) is 45.9 Å². The summed E-state index contributed by atoms with van der Waals surface area (Å²) in [4.78, 5) is 24.2. The Bertz CT molecular complexity index is 673. The number of carbonyl (C=O) groups is 2. The maximum Gasteiger partial charge on any atom is 1.00 e. The minimum Gasteiger partial charge on any atom is -0.462 e. The summed E-state index contributed by atoms with van der Waals surface area (Å²) in [6.45, 7) is 8.33. The van der Waals surface area contributed by atoms with E-state index in [2.05, 4.69) is 32.1 Å². The monoisotopic (exact) mass is 427 g/mol. The third kappa shape index (κ3) is 6.21. The second kappa shape index (κ2) is 11.3.